The Morgan fingerprint density at radius 1 is 0.810 bits per heavy atom. The molecule has 0 aliphatic carbocycles. The van der Waals surface area contributed by atoms with Gasteiger partial charge in [-0.25, -0.2) is 4.98 Å². The maximum absolute atomic E-state index is 4.63. The first-order valence-corrected chi connectivity index (χ1v) is 6.94. The lowest BCUT2D eigenvalue weighted by molar-refractivity contribution is 1.30. The number of hydrogen-bond donors (Lipinski definition) is 0. The second-order valence-corrected chi connectivity index (χ2v) is 4.91. The van der Waals surface area contributed by atoms with Gasteiger partial charge in [-0.2, -0.15) is 0 Å². The molecule has 0 spiro atoms. The molecule has 0 saturated heterocycles. The minimum atomic E-state index is 0.858. The lowest BCUT2D eigenvalue weighted by atomic mass is 10.1. The molecule has 1 heterocycles. The Morgan fingerprint density at radius 2 is 1.57 bits per heavy atom. The van der Waals surface area contributed by atoms with Crippen LogP contribution in [0.5, 0.6) is 0 Å². The molecule has 0 aliphatic heterocycles. The molecule has 0 amide bonds. The van der Waals surface area contributed by atoms with E-state index in [0.29, 0.717) is 0 Å². The van der Waals surface area contributed by atoms with Crippen molar-refractivity contribution in [1.82, 2.24) is 4.98 Å². The second-order valence-electron chi connectivity index (χ2n) is 4.91. The van der Waals surface area contributed by atoms with Gasteiger partial charge in [0.05, 0.1) is 23.3 Å². The van der Waals surface area contributed by atoms with Crippen LogP contribution in [0.25, 0.3) is 11.3 Å². The molecular weight excluding hydrogens is 256 g/mol. The summed E-state index contributed by atoms with van der Waals surface area (Å²) in [6.45, 7) is 2.07. The summed E-state index contributed by atoms with van der Waals surface area (Å²) < 4.78 is 0. The molecule has 0 atom stereocenters. The molecule has 0 aliphatic rings. The summed E-state index contributed by atoms with van der Waals surface area (Å²) in [4.78, 5) is 9.09. The van der Waals surface area contributed by atoms with Crippen molar-refractivity contribution in [3.8, 4) is 11.3 Å². The van der Waals surface area contributed by atoms with Gasteiger partial charge in [0.15, 0.2) is 0 Å². The van der Waals surface area contributed by atoms with Crippen LogP contribution in [0.15, 0.2) is 77.8 Å². The molecule has 2 aromatic carbocycles. The smallest absolute Gasteiger partial charge is 0.0820 e. The van der Waals surface area contributed by atoms with Crippen LogP contribution in [-0.2, 0) is 0 Å². The largest absolute Gasteiger partial charge is 0.255 e. The minimum absolute atomic E-state index is 0.858. The number of rotatable bonds is 3. The molecule has 3 aromatic rings. The first kappa shape index (κ1) is 13.3. The summed E-state index contributed by atoms with van der Waals surface area (Å²) in [5.41, 5.74) is 5.11. The second kappa shape index (κ2) is 6.14. The fraction of sp³-hybridized carbons (Fsp3) is 0.0526. The van der Waals surface area contributed by atoms with Crippen molar-refractivity contribution in [3.05, 3.63) is 84.1 Å². The van der Waals surface area contributed by atoms with E-state index in [1.165, 1.54) is 5.56 Å². The summed E-state index contributed by atoms with van der Waals surface area (Å²) in [5, 5.41) is 0. The van der Waals surface area contributed by atoms with E-state index in [0.717, 1.165) is 22.6 Å². The fourth-order valence-corrected chi connectivity index (χ4v) is 2.06. The number of aryl methyl sites for hydroxylation is 1. The highest BCUT2D eigenvalue weighted by Gasteiger charge is 1.98. The van der Waals surface area contributed by atoms with Crippen molar-refractivity contribution < 1.29 is 0 Å². The first-order chi connectivity index (χ1) is 10.3. The number of hydrogen-bond acceptors (Lipinski definition) is 2. The van der Waals surface area contributed by atoms with Crippen LogP contribution >= 0.6 is 0 Å². The predicted octanol–water partition coefficient (Wildman–Crippen LogP) is 4.81. The van der Waals surface area contributed by atoms with Crippen molar-refractivity contribution in [2.45, 2.75) is 6.92 Å². The van der Waals surface area contributed by atoms with Crippen molar-refractivity contribution in [2.24, 2.45) is 4.99 Å². The Bertz CT molecular complexity index is 744. The van der Waals surface area contributed by atoms with E-state index in [2.05, 4.69) is 41.2 Å². The van der Waals surface area contributed by atoms with E-state index < -0.39 is 0 Å². The van der Waals surface area contributed by atoms with Crippen molar-refractivity contribution in [3.63, 3.8) is 0 Å². The van der Waals surface area contributed by atoms with Gasteiger partial charge < -0.3 is 0 Å². The van der Waals surface area contributed by atoms with E-state index in [4.69, 9.17) is 0 Å². The quantitative estimate of drug-likeness (QED) is 0.628. The van der Waals surface area contributed by atoms with Crippen molar-refractivity contribution in [1.29, 1.82) is 0 Å². The summed E-state index contributed by atoms with van der Waals surface area (Å²) in [6.07, 6.45) is 1.80. The van der Waals surface area contributed by atoms with E-state index in [-0.39, 0.29) is 0 Å². The molecule has 0 fully saturated rings. The van der Waals surface area contributed by atoms with Gasteiger partial charge in [-0.1, -0.05) is 54.1 Å². The number of nitrogens with zero attached hydrogens (tertiary/aromatic N) is 2. The number of aromatic nitrogens is 1. The number of aliphatic imine (C=N–C) groups is 1. The van der Waals surface area contributed by atoms with Gasteiger partial charge in [-0.3, -0.25) is 4.99 Å². The zero-order valence-corrected chi connectivity index (χ0v) is 11.9. The highest BCUT2D eigenvalue weighted by Crippen LogP contribution is 2.16. The van der Waals surface area contributed by atoms with Crippen LogP contribution in [0, 0.1) is 6.92 Å². The normalized spacial score (nSPS) is 10.9. The van der Waals surface area contributed by atoms with Crippen LogP contribution in [0.4, 0.5) is 5.69 Å². The molecule has 2 heteroatoms. The number of benzene rings is 2. The highest BCUT2D eigenvalue weighted by atomic mass is 14.8. The molecule has 0 bridgehead atoms. The van der Waals surface area contributed by atoms with Crippen LogP contribution in [0.2, 0.25) is 0 Å². The Kier molecular flexibility index (Phi) is 3.88. The molecule has 1 aromatic heterocycles. The van der Waals surface area contributed by atoms with Gasteiger partial charge in [0, 0.05) is 5.56 Å². The van der Waals surface area contributed by atoms with Crippen LogP contribution < -0.4 is 0 Å². The van der Waals surface area contributed by atoms with Gasteiger partial charge in [-0.05, 0) is 31.2 Å². The standard InChI is InChI=1S/C19H16N2/c1-15-10-12-17(13-11-15)20-14-18-8-5-9-19(21-18)16-6-3-2-4-7-16/h2-14H,1H3. The highest BCUT2D eigenvalue weighted by molar-refractivity contribution is 5.80. The summed E-state index contributed by atoms with van der Waals surface area (Å²) >= 11 is 0. The van der Waals surface area contributed by atoms with Gasteiger partial charge in [0.1, 0.15) is 0 Å². The zero-order valence-electron chi connectivity index (χ0n) is 11.9. The number of pyridine rings is 1. The van der Waals surface area contributed by atoms with E-state index in [1.807, 2.05) is 48.5 Å². The van der Waals surface area contributed by atoms with Crippen LogP contribution in [0.3, 0.4) is 0 Å². The van der Waals surface area contributed by atoms with Crippen molar-refractivity contribution in [2.75, 3.05) is 0 Å². The van der Waals surface area contributed by atoms with Crippen LogP contribution in [0.1, 0.15) is 11.3 Å². The Labute approximate surface area is 124 Å². The van der Waals surface area contributed by atoms with E-state index >= 15 is 0 Å². The average molecular weight is 272 g/mol. The molecule has 2 nitrogen and oxygen atoms in total. The van der Waals surface area contributed by atoms with Gasteiger partial charge in [0.2, 0.25) is 0 Å². The lowest BCUT2D eigenvalue weighted by Crippen LogP contribution is -1.90. The van der Waals surface area contributed by atoms with Gasteiger partial charge in [0.25, 0.3) is 0 Å². The first-order valence-electron chi connectivity index (χ1n) is 6.94. The topological polar surface area (TPSA) is 25.2 Å². The zero-order chi connectivity index (χ0) is 14.5. The molecule has 0 N–H and O–H groups in total. The maximum Gasteiger partial charge on any atom is 0.0820 e. The Morgan fingerprint density at radius 3 is 2.33 bits per heavy atom. The lowest BCUT2D eigenvalue weighted by Gasteiger charge is -2.01. The fourth-order valence-electron chi connectivity index (χ4n) is 2.06. The van der Waals surface area contributed by atoms with Gasteiger partial charge >= 0.3 is 0 Å². The average Bonchev–Trinajstić information content (AvgIpc) is 2.55. The minimum Gasteiger partial charge on any atom is -0.255 e. The molecule has 21 heavy (non-hydrogen) atoms. The SMILES string of the molecule is Cc1ccc(N=Cc2cccc(-c3ccccc3)n2)cc1. The van der Waals surface area contributed by atoms with E-state index in [1.54, 1.807) is 6.21 Å². The molecular formula is C19H16N2. The van der Waals surface area contributed by atoms with Gasteiger partial charge in [-0.15, -0.1) is 0 Å². The predicted molar refractivity (Wildman–Crippen MR) is 88.1 cm³/mol. The monoisotopic (exact) mass is 272 g/mol. The van der Waals surface area contributed by atoms with Crippen LogP contribution in [-0.4, -0.2) is 11.2 Å². The third-order valence-corrected chi connectivity index (χ3v) is 3.22. The van der Waals surface area contributed by atoms with Crippen molar-refractivity contribution >= 4 is 11.9 Å². The molecule has 0 saturated carbocycles. The molecule has 102 valence electrons. The maximum atomic E-state index is 4.63. The third-order valence-electron chi connectivity index (χ3n) is 3.22. The Balaban J connectivity index is 1.85. The molecule has 0 radical (unpaired) electrons. The summed E-state index contributed by atoms with van der Waals surface area (Å²) in [5.74, 6) is 0. The summed E-state index contributed by atoms with van der Waals surface area (Å²) in [7, 11) is 0. The molecule has 3 rings (SSSR count). The van der Waals surface area contributed by atoms with E-state index in [9.17, 15) is 0 Å². The summed E-state index contributed by atoms with van der Waals surface area (Å²) in [6, 6.07) is 24.3. The third kappa shape index (κ3) is 3.42. The Hall–Kier alpha value is -2.74. The molecule has 0 unspecified atom stereocenters.